The van der Waals surface area contributed by atoms with Gasteiger partial charge in [-0.3, -0.25) is 29.4 Å². The topological polar surface area (TPSA) is 122 Å². The smallest absolute Gasteiger partial charge is 0.414 e. The number of hydrogen-bond acceptors (Lipinski definition) is 7. The molecule has 2 aromatic rings. The van der Waals surface area contributed by atoms with Gasteiger partial charge in [0.15, 0.2) is 0 Å². The molecule has 0 atom stereocenters. The van der Waals surface area contributed by atoms with Crippen LogP contribution in [0.3, 0.4) is 0 Å². The van der Waals surface area contributed by atoms with Gasteiger partial charge in [-0.1, -0.05) is 6.07 Å². The molecule has 1 aromatic carbocycles. The van der Waals surface area contributed by atoms with Crippen LogP contribution in [0, 0.1) is 0 Å². The minimum Gasteiger partial charge on any atom is -0.450 e. The number of nitrogens with zero attached hydrogens (tertiary/aromatic N) is 1. The van der Waals surface area contributed by atoms with Gasteiger partial charge in [0.25, 0.3) is 11.8 Å². The zero-order valence-electron chi connectivity index (χ0n) is 15.4. The largest absolute Gasteiger partial charge is 0.450 e. The molecule has 1 fully saturated rings. The Balaban J connectivity index is 1.75. The maximum Gasteiger partial charge on any atom is 0.414 e. The van der Waals surface area contributed by atoms with Crippen molar-refractivity contribution in [2.45, 2.75) is 19.8 Å². The monoisotopic (exact) mass is 415 g/mol. The van der Waals surface area contributed by atoms with Crippen LogP contribution in [0.15, 0.2) is 35.7 Å². The summed E-state index contributed by atoms with van der Waals surface area (Å²) in [6, 6.07) is 7.55. The number of thiophene rings is 1. The Morgan fingerprint density at radius 1 is 1.10 bits per heavy atom. The van der Waals surface area contributed by atoms with Crippen LogP contribution in [0.4, 0.5) is 15.5 Å². The number of benzene rings is 1. The number of anilines is 2. The van der Waals surface area contributed by atoms with Crippen LogP contribution in [0.1, 0.15) is 40.5 Å². The second-order valence-electron chi connectivity index (χ2n) is 5.97. The molecule has 29 heavy (non-hydrogen) atoms. The van der Waals surface area contributed by atoms with E-state index in [1.165, 1.54) is 18.2 Å². The van der Waals surface area contributed by atoms with Gasteiger partial charge in [0, 0.05) is 18.4 Å². The molecule has 0 spiro atoms. The van der Waals surface area contributed by atoms with Crippen LogP contribution >= 0.6 is 11.3 Å². The second kappa shape index (κ2) is 8.65. The van der Waals surface area contributed by atoms with E-state index in [0.29, 0.717) is 5.69 Å². The van der Waals surface area contributed by atoms with E-state index >= 15 is 0 Å². The Hall–Kier alpha value is -3.53. The van der Waals surface area contributed by atoms with Crippen molar-refractivity contribution in [1.29, 1.82) is 0 Å². The van der Waals surface area contributed by atoms with Crippen molar-refractivity contribution in [3.05, 3.63) is 46.8 Å². The first-order valence-electron chi connectivity index (χ1n) is 8.73. The van der Waals surface area contributed by atoms with Gasteiger partial charge in [-0.15, -0.1) is 11.3 Å². The Bertz CT molecular complexity index is 983. The lowest BCUT2D eigenvalue weighted by molar-refractivity contribution is -0.121. The highest BCUT2D eigenvalue weighted by Gasteiger charge is 2.30. The molecule has 9 nitrogen and oxygen atoms in total. The van der Waals surface area contributed by atoms with Gasteiger partial charge in [-0.05, 0) is 36.6 Å². The first kappa shape index (κ1) is 20.2. The predicted octanol–water partition coefficient (Wildman–Crippen LogP) is 2.54. The summed E-state index contributed by atoms with van der Waals surface area (Å²) >= 11 is 1.11. The van der Waals surface area contributed by atoms with Crippen LogP contribution in [0.25, 0.3) is 0 Å². The van der Waals surface area contributed by atoms with Gasteiger partial charge in [-0.2, -0.15) is 0 Å². The fourth-order valence-corrected chi connectivity index (χ4v) is 3.52. The van der Waals surface area contributed by atoms with E-state index in [2.05, 4.69) is 15.4 Å². The molecule has 0 aliphatic carbocycles. The number of amides is 5. The molecule has 3 rings (SSSR count). The maximum atomic E-state index is 12.6. The lowest BCUT2D eigenvalue weighted by Gasteiger charge is -2.14. The fourth-order valence-electron chi connectivity index (χ4n) is 2.74. The van der Waals surface area contributed by atoms with Crippen LogP contribution in [-0.4, -0.2) is 36.3 Å². The normalized spacial score (nSPS) is 13.3. The van der Waals surface area contributed by atoms with Crippen molar-refractivity contribution in [3.63, 3.8) is 0 Å². The molecule has 150 valence electrons. The highest BCUT2D eigenvalue weighted by atomic mass is 32.1. The van der Waals surface area contributed by atoms with E-state index in [4.69, 9.17) is 0 Å². The van der Waals surface area contributed by atoms with Crippen molar-refractivity contribution in [1.82, 2.24) is 5.32 Å². The third-order valence-electron chi connectivity index (χ3n) is 4.05. The third-order valence-corrected chi connectivity index (χ3v) is 4.88. The molecule has 1 aliphatic rings. The van der Waals surface area contributed by atoms with Gasteiger partial charge in [0.1, 0.15) is 5.00 Å². The van der Waals surface area contributed by atoms with Crippen LogP contribution in [0.2, 0.25) is 0 Å². The van der Waals surface area contributed by atoms with E-state index in [-0.39, 0.29) is 47.4 Å². The average Bonchev–Trinajstić information content (AvgIpc) is 3.28. The van der Waals surface area contributed by atoms with Crippen molar-refractivity contribution < 1.29 is 28.7 Å². The van der Waals surface area contributed by atoms with E-state index in [1.807, 2.05) is 0 Å². The van der Waals surface area contributed by atoms with Crippen molar-refractivity contribution >= 4 is 51.7 Å². The van der Waals surface area contributed by atoms with Crippen molar-refractivity contribution in [3.8, 4) is 0 Å². The molecule has 1 aliphatic heterocycles. The standard InChI is InChI=1S/C19H17N3O6S/c1-2-28-19(27)21-17(26)13-8-9-29-18(13)20-16(25)11-4-3-5-12(10-11)22-14(23)6-7-15(22)24/h3-5,8-10H,2,6-7H2,1H3,(H,20,25)(H,21,26,27). The molecular formula is C19H17N3O6S. The average molecular weight is 415 g/mol. The number of rotatable bonds is 5. The van der Waals surface area contributed by atoms with Gasteiger partial charge in [0.05, 0.1) is 17.9 Å². The Morgan fingerprint density at radius 2 is 1.83 bits per heavy atom. The zero-order valence-corrected chi connectivity index (χ0v) is 16.2. The summed E-state index contributed by atoms with van der Waals surface area (Å²) in [4.78, 5) is 61.1. The summed E-state index contributed by atoms with van der Waals surface area (Å²) < 4.78 is 4.67. The number of ether oxygens (including phenoxy) is 1. The third kappa shape index (κ3) is 4.49. The molecule has 5 amide bonds. The van der Waals surface area contributed by atoms with Crippen molar-refractivity contribution in [2.24, 2.45) is 0 Å². The number of hydrogen-bond donors (Lipinski definition) is 2. The molecule has 0 unspecified atom stereocenters. The quantitative estimate of drug-likeness (QED) is 0.724. The summed E-state index contributed by atoms with van der Waals surface area (Å²) in [5, 5.41) is 6.51. The number of nitrogens with one attached hydrogen (secondary N) is 2. The summed E-state index contributed by atoms with van der Waals surface area (Å²) in [6.45, 7) is 1.72. The number of carbonyl (C=O) groups is 5. The number of alkyl carbamates (subject to hydrolysis) is 1. The molecule has 0 radical (unpaired) electrons. The molecule has 1 saturated heterocycles. The van der Waals surface area contributed by atoms with Crippen LogP contribution < -0.4 is 15.5 Å². The van der Waals surface area contributed by atoms with Gasteiger partial charge < -0.3 is 10.1 Å². The van der Waals surface area contributed by atoms with E-state index in [1.54, 1.807) is 24.4 Å². The van der Waals surface area contributed by atoms with Gasteiger partial charge >= 0.3 is 6.09 Å². The van der Waals surface area contributed by atoms with Crippen LogP contribution in [0.5, 0.6) is 0 Å². The summed E-state index contributed by atoms with van der Waals surface area (Å²) in [7, 11) is 0. The minimum atomic E-state index is -0.881. The van der Waals surface area contributed by atoms with Gasteiger partial charge in [-0.25, -0.2) is 4.79 Å². The number of carbonyl (C=O) groups excluding carboxylic acids is 5. The highest BCUT2D eigenvalue weighted by molar-refractivity contribution is 7.14. The molecule has 1 aromatic heterocycles. The van der Waals surface area contributed by atoms with Crippen molar-refractivity contribution in [2.75, 3.05) is 16.8 Å². The highest BCUT2D eigenvalue weighted by Crippen LogP contribution is 2.26. The minimum absolute atomic E-state index is 0.109. The molecule has 2 heterocycles. The maximum absolute atomic E-state index is 12.6. The summed E-state index contributed by atoms with van der Waals surface area (Å²) in [5.41, 5.74) is 0.634. The fraction of sp³-hybridized carbons (Fsp3) is 0.211. The van der Waals surface area contributed by atoms with Gasteiger partial charge in [0.2, 0.25) is 11.8 Å². The van der Waals surface area contributed by atoms with E-state index < -0.39 is 17.9 Å². The van der Waals surface area contributed by atoms with E-state index in [9.17, 15) is 24.0 Å². The second-order valence-corrected chi connectivity index (χ2v) is 6.88. The lowest BCUT2D eigenvalue weighted by Crippen LogP contribution is -2.31. The first-order valence-corrected chi connectivity index (χ1v) is 9.61. The SMILES string of the molecule is CCOC(=O)NC(=O)c1ccsc1NC(=O)c1cccc(N2C(=O)CCC2=O)c1. The van der Waals surface area contributed by atoms with E-state index in [0.717, 1.165) is 16.2 Å². The Kier molecular flexibility index (Phi) is 6.03. The Labute approximate surface area is 169 Å². The number of imide groups is 2. The molecule has 2 N–H and O–H groups in total. The Morgan fingerprint density at radius 3 is 2.52 bits per heavy atom. The molecule has 0 saturated carbocycles. The first-order chi connectivity index (χ1) is 13.9. The zero-order chi connectivity index (χ0) is 21.0. The summed E-state index contributed by atoms with van der Waals surface area (Å²) in [6.07, 6.45) is -0.596. The van der Waals surface area contributed by atoms with Crippen LogP contribution in [-0.2, 0) is 14.3 Å². The summed E-state index contributed by atoms with van der Waals surface area (Å²) in [5.74, 6) is -1.87. The molecule has 0 bridgehead atoms. The molecular weight excluding hydrogens is 398 g/mol. The molecule has 10 heteroatoms. The lowest BCUT2D eigenvalue weighted by atomic mass is 10.1. The predicted molar refractivity (Wildman–Crippen MR) is 105 cm³/mol.